The lowest BCUT2D eigenvalue weighted by Gasteiger charge is -2.06. The molecule has 2 aromatic carbocycles. The number of carbonyl (C=O) groups excluding carboxylic acids is 1. The smallest absolute Gasteiger partial charge is 0.238 e. The second kappa shape index (κ2) is 7.59. The molecule has 0 heterocycles. The molecule has 2 aromatic rings. The zero-order chi connectivity index (χ0) is 16.9. The van der Waals surface area contributed by atoms with Crippen molar-refractivity contribution in [3.05, 3.63) is 59.1 Å². The number of hydrogen-bond donors (Lipinski definition) is 2. The Morgan fingerprint density at radius 3 is 2.22 bits per heavy atom. The molecule has 0 atom stereocenters. The van der Waals surface area contributed by atoms with Crippen molar-refractivity contribution in [2.75, 3.05) is 5.32 Å². The molecule has 0 aliphatic rings. The van der Waals surface area contributed by atoms with Gasteiger partial charge in [0.2, 0.25) is 15.9 Å². The molecule has 0 aliphatic heterocycles. The molecular formula is C16H17ClN2O3S. The predicted molar refractivity (Wildman–Crippen MR) is 90.8 cm³/mol. The first kappa shape index (κ1) is 17.5. The highest BCUT2D eigenvalue weighted by Gasteiger charge is 2.08. The quantitative estimate of drug-likeness (QED) is 0.837. The zero-order valence-electron chi connectivity index (χ0n) is 12.3. The molecule has 7 heteroatoms. The SMILES string of the molecule is NS(=O)(=O)c1ccc(NC(=O)CCCc2ccc(Cl)cc2)cc1. The molecular weight excluding hydrogens is 336 g/mol. The van der Waals surface area contributed by atoms with Crippen LogP contribution in [0.25, 0.3) is 0 Å². The van der Waals surface area contributed by atoms with Gasteiger partial charge in [-0.1, -0.05) is 23.7 Å². The lowest BCUT2D eigenvalue weighted by molar-refractivity contribution is -0.116. The standard InChI is InChI=1S/C16H17ClN2O3S/c17-13-6-4-12(5-7-13)2-1-3-16(20)19-14-8-10-15(11-9-14)23(18,21)22/h4-11H,1-3H2,(H,19,20)(H2,18,21,22). The maximum Gasteiger partial charge on any atom is 0.238 e. The van der Waals surface area contributed by atoms with Crippen LogP contribution in [0.1, 0.15) is 18.4 Å². The highest BCUT2D eigenvalue weighted by molar-refractivity contribution is 7.89. The van der Waals surface area contributed by atoms with Crippen LogP contribution in [0, 0.1) is 0 Å². The largest absolute Gasteiger partial charge is 0.326 e. The Bertz CT molecular complexity index is 772. The van der Waals surface area contributed by atoms with Crippen molar-refractivity contribution in [3.63, 3.8) is 0 Å². The first-order valence-corrected chi connectivity index (χ1v) is 8.94. The fraction of sp³-hybridized carbons (Fsp3) is 0.188. The molecule has 0 aliphatic carbocycles. The van der Waals surface area contributed by atoms with E-state index in [1.807, 2.05) is 24.3 Å². The molecule has 0 spiro atoms. The van der Waals surface area contributed by atoms with Crippen molar-refractivity contribution in [2.45, 2.75) is 24.2 Å². The monoisotopic (exact) mass is 352 g/mol. The summed E-state index contributed by atoms with van der Waals surface area (Å²) in [6, 6.07) is 13.3. The van der Waals surface area contributed by atoms with Crippen molar-refractivity contribution in [2.24, 2.45) is 5.14 Å². The second-order valence-electron chi connectivity index (χ2n) is 5.10. The molecule has 5 nitrogen and oxygen atoms in total. The second-order valence-corrected chi connectivity index (χ2v) is 7.10. The van der Waals surface area contributed by atoms with Crippen LogP contribution in [0.4, 0.5) is 5.69 Å². The third-order valence-electron chi connectivity index (χ3n) is 3.25. The number of primary sulfonamides is 1. The molecule has 0 aromatic heterocycles. The van der Waals surface area contributed by atoms with E-state index in [0.29, 0.717) is 23.6 Å². The van der Waals surface area contributed by atoms with Crippen LogP contribution in [0.15, 0.2) is 53.4 Å². The van der Waals surface area contributed by atoms with Crippen molar-refractivity contribution < 1.29 is 13.2 Å². The molecule has 0 radical (unpaired) electrons. The van der Waals surface area contributed by atoms with Crippen LogP contribution in [0.2, 0.25) is 5.02 Å². The Kier molecular flexibility index (Phi) is 5.76. The van der Waals surface area contributed by atoms with Gasteiger partial charge in [0, 0.05) is 17.1 Å². The minimum atomic E-state index is -3.72. The summed E-state index contributed by atoms with van der Waals surface area (Å²) in [6.07, 6.45) is 1.87. The number of aryl methyl sites for hydroxylation is 1. The van der Waals surface area contributed by atoms with Crippen molar-refractivity contribution in [1.82, 2.24) is 0 Å². The molecule has 122 valence electrons. The number of carbonyl (C=O) groups is 1. The van der Waals surface area contributed by atoms with E-state index < -0.39 is 10.0 Å². The van der Waals surface area contributed by atoms with E-state index in [-0.39, 0.29) is 10.8 Å². The summed E-state index contributed by atoms with van der Waals surface area (Å²) in [7, 11) is -3.72. The fourth-order valence-electron chi connectivity index (χ4n) is 2.06. The Morgan fingerprint density at radius 2 is 1.65 bits per heavy atom. The first-order chi connectivity index (χ1) is 10.8. The molecule has 0 unspecified atom stereocenters. The third-order valence-corrected chi connectivity index (χ3v) is 4.43. The van der Waals surface area contributed by atoms with Gasteiger partial charge in [-0.25, -0.2) is 13.6 Å². The molecule has 0 fully saturated rings. The molecule has 1 amide bonds. The number of nitrogens with one attached hydrogen (secondary N) is 1. The van der Waals surface area contributed by atoms with Crippen LogP contribution in [-0.4, -0.2) is 14.3 Å². The first-order valence-electron chi connectivity index (χ1n) is 7.02. The molecule has 0 saturated carbocycles. The lowest BCUT2D eigenvalue weighted by atomic mass is 10.1. The maximum absolute atomic E-state index is 11.9. The van der Waals surface area contributed by atoms with Crippen LogP contribution in [-0.2, 0) is 21.2 Å². The fourth-order valence-corrected chi connectivity index (χ4v) is 2.70. The third kappa shape index (κ3) is 5.67. The molecule has 3 N–H and O–H groups in total. The molecule has 0 bridgehead atoms. The van der Waals surface area contributed by atoms with Crippen LogP contribution in [0.3, 0.4) is 0 Å². The van der Waals surface area contributed by atoms with Gasteiger partial charge in [-0.15, -0.1) is 0 Å². The van der Waals surface area contributed by atoms with Gasteiger partial charge in [-0.2, -0.15) is 0 Å². The van der Waals surface area contributed by atoms with E-state index in [4.69, 9.17) is 16.7 Å². The topological polar surface area (TPSA) is 89.3 Å². The average Bonchev–Trinajstić information content (AvgIpc) is 2.49. The number of amides is 1. The van der Waals surface area contributed by atoms with Gasteiger partial charge in [-0.3, -0.25) is 4.79 Å². The lowest BCUT2D eigenvalue weighted by Crippen LogP contribution is -2.13. The average molecular weight is 353 g/mol. The molecule has 23 heavy (non-hydrogen) atoms. The van der Waals surface area contributed by atoms with Gasteiger partial charge in [0.15, 0.2) is 0 Å². The summed E-state index contributed by atoms with van der Waals surface area (Å²) < 4.78 is 22.3. The summed E-state index contributed by atoms with van der Waals surface area (Å²) in [5, 5.41) is 8.42. The summed E-state index contributed by atoms with van der Waals surface area (Å²) >= 11 is 5.82. The van der Waals surface area contributed by atoms with Crippen molar-refractivity contribution in [3.8, 4) is 0 Å². The summed E-state index contributed by atoms with van der Waals surface area (Å²) in [4.78, 5) is 11.9. The number of halogens is 1. The Hall–Kier alpha value is -1.89. The van der Waals surface area contributed by atoms with E-state index in [0.717, 1.165) is 12.0 Å². The number of nitrogens with two attached hydrogens (primary N) is 1. The van der Waals surface area contributed by atoms with Crippen LogP contribution in [0.5, 0.6) is 0 Å². The van der Waals surface area contributed by atoms with Crippen molar-refractivity contribution >= 4 is 33.2 Å². The van der Waals surface area contributed by atoms with Gasteiger partial charge in [0.05, 0.1) is 4.90 Å². The van der Waals surface area contributed by atoms with E-state index in [1.54, 1.807) is 0 Å². The highest BCUT2D eigenvalue weighted by Crippen LogP contribution is 2.14. The molecule has 2 rings (SSSR count). The van der Waals surface area contributed by atoms with E-state index in [9.17, 15) is 13.2 Å². The number of rotatable bonds is 6. The van der Waals surface area contributed by atoms with E-state index >= 15 is 0 Å². The minimum Gasteiger partial charge on any atom is -0.326 e. The summed E-state index contributed by atoms with van der Waals surface area (Å²) in [5.41, 5.74) is 1.66. The van der Waals surface area contributed by atoms with Gasteiger partial charge in [0.25, 0.3) is 0 Å². The van der Waals surface area contributed by atoms with Gasteiger partial charge in [0.1, 0.15) is 0 Å². The highest BCUT2D eigenvalue weighted by atomic mass is 35.5. The Balaban J connectivity index is 1.81. The molecule has 0 saturated heterocycles. The van der Waals surface area contributed by atoms with Crippen LogP contribution >= 0.6 is 11.6 Å². The summed E-state index contributed by atoms with van der Waals surface area (Å²) in [6.45, 7) is 0. The predicted octanol–water partition coefficient (Wildman–Crippen LogP) is 2.95. The minimum absolute atomic E-state index is 0.0123. The van der Waals surface area contributed by atoms with Crippen LogP contribution < -0.4 is 10.5 Å². The number of hydrogen-bond acceptors (Lipinski definition) is 3. The van der Waals surface area contributed by atoms with Crippen molar-refractivity contribution in [1.29, 1.82) is 0 Å². The number of anilines is 1. The van der Waals surface area contributed by atoms with E-state index in [2.05, 4.69) is 5.32 Å². The zero-order valence-corrected chi connectivity index (χ0v) is 13.9. The Morgan fingerprint density at radius 1 is 1.04 bits per heavy atom. The number of sulfonamides is 1. The summed E-state index contributed by atoms with van der Waals surface area (Å²) in [5.74, 6) is -0.123. The number of benzene rings is 2. The Labute approximate surface area is 140 Å². The van der Waals surface area contributed by atoms with Gasteiger partial charge >= 0.3 is 0 Å². The van der Waals surface area contributed by atoms with Gasteiger partial charge in [-0.05, 0) is 54.8 Å². The normalized spacial score (nSPS) is 11.2. The van der Waals surface area contributed by atoms with Gasteiger partial charge < -0.3 is 5.32 Å². The maximum atomic E-state index is 11.9. The van der Waals surface area contributed by atoms with E-state index in [1.165, 1.54) is 24.3 Å².